The van der Waals surface area contributed by atoms with Crippen LogP contribution in [-0.2, 0) is 6.42 Å². The average Bonchev–Trinajstić information content (AvgIpc) is 2.60. The molecule has 122 valence electrons. The van der Waals surface area contributed by atoms with Crippen LogP contribution in [0.2, 0.25) is 0 Å². The Labute approximate surface area is 135 Å². The number of ether oxygens (including phenoxy) is 4. The third-order valence-corrected chi connectivity index (χ3v) is 4.15. The lowest BCUT2D eigenvalue weighted by molar-refractivity contribution is 0.241. The minimum atomic E-state index is 0.0896. The van der Waals surface area contributed by atoms with Gasteiger partial charge in [-0.3, -0.25) is 0 Å². The molecule has 5 nitrogen and oxygen atoms in total. The molecule has 0 radical (unpaired) electrons. The van der Waals surface area contributed by atoms with E-state index in [-0.39, 0.29) is 11.7 Å². The number of phenols is 1. The Morgan fingerprint density at radius 2 is 1.87 bits per heavy atom. The van der Waals surface area contributed by atoms with Gasteiger partial charge < -0.3 is 24.1 Å². The Bertz CT molecular complexity index is 711. The fraction of sp³-hybridized carbons (Fsp3) is 0.333. The number of rotatable bonds is 4. The predicted octanol–water partition coefficient (Wildman–Crippen LogP) is 3.14. The standard InChI is InChI=1S/C18H20O5/c1-20-13-5-6-14(16(9-13)21-2)12-8-11-4-7-15(19)18(22-3)17(11)23-10-12/h4-7,9,12,19H,8,10H2,1-3H3. The van der Waals surface area contributed by atoms with E-state index in [0.29, 0.717) is 18.1 Å². The fourth-order valence-corrected chi connectivity index (χ4v) is 2.97. The van der Waals surface area contributed by atoms with E-state index in [1.807, 2.05) is 24.3 Å². The minimum Gasteiger partial charge on any atom is -0.504 e. The van der Waals surface area contributed by atoms with Gasteiger partial charge >= 0.3 is 0 Å². The number of phenolic OH excluding ortho intramolecular Hbond substituents is 1. The average molecular weight is 316 g/mol. The van der Waals surface area contributed by atoms with Crippen LogP contribution in [0.5, 0.6) is 28.7 Å². The SMILES string of the molecule is COc1ccc(C2COc3c(ccc(O)c3OC)C2)c(OC)c1. The van der Waals surface area contributed by atoms with Crippen LogP contribution in [0.15, 0.2) is 30.3 Å². The molecule has 1 N–H and O–H groups in total. The number of fused-ring (bicyclic) bond motifs is 1. The van der Waals surface area contributed by atoms with Crippen LogP contribution in [-0.4, -0.2) is 33.0 Å². The molecule has 0 bridgehead atoms. The lowest BCUT2D eigenvalue weighted by Crippen LogP contribution is -2.20. The maximum absolute atomic E-state index is 9.85. The van der Waals surface area contributed by atoms with Gasteiger partial charge in [0.1, 0.15) is 11.5 Å². The summed E-state index contributed by atoms with van der Waals surface area (Å²) in [7, 11) is 4.81. The van der Waals surface area contributed by atoms with Crippen LogP contribution in [0, 0.1) is 0 Å². The highest BCUT2D eigenvalue weighted by atomic mass is 16.5. The summed E-state index contributed by atoms with van der Waals surface area (Å²) in [4.78, 5) is 0. The second-order valence-electron chi connectivity index (χ2n) is 5.43. The van der Waals surface area contributed by atoms with Gasteiger partial charge in [-0.1, -0.05) is 12.1 Å². The summed E-state index contributed by atoms with van der Waals surface area (Å²) < 4.78 is 21.9. The largest absolute Gasteiger partial charge is 0.504 e. The highest BCUT2D eigenvalue weighted by Crippen LogP contribution is 2.45. The maximum Gasteiger partial charge on any atom is 0.203 e. The van der Waals surface area contributed by atoms with Crippen molar-refractivity contribution >= 4 is 0 Å². The molecule has 1 atom stereocenters. The molecule has 5 heteroatoms. The van der Waals surface area contributed by atoms with Crippen LogP contribution in [0.25, 0.3) is 0 Å². The molecule has 2 aromatic rings. The van der Waals surface area contributed by atoms with Crippen molar-refractivity contribution in [2.24, 2.45) is 0 Å². The molecule has 0 fully saturated rings. The van der Waals surface area contributed by atoms with E-state index in [0.717, 1.165) is 29.0 Å². The Morgan fingerprint density at radius 1 is 1.04 bits per heavy atom. The van der Waals surface area contributed by atoms with Gasteiger partial charge in [-0.05, 0) is 24.1 Å². The summed E-state index contributed by atoms with van der Waals surface area (Å²) in [6, 6.07) is 9.31. The van der Waals surface area contributed by atoms with Crippen molar-refractivity contribution in [2.45, 2.75) is 12.3 Å². The quantitative estimate of drug-likeness (QED) is 0.939. The molecule has 3 rings (SSSR count). The van der Waals surface area contributed by atoms with Crippen LogP contribution < -0.4 is 18.9 Å². The van der Waals surface area contributed by atoms with Crippen LogP contribution in [0.1, 0.15) is 17.0 Å². The van der Waals surface area contributed by atoms with Gasteiger partial charge in [0, 0.05) is 17.5 Å². The number of methoxy groups -OCH3 is 3. The molecule has 1 heterocycles. The van der Waals surface area contributed by atoms with Crippen molar-refractivity contribution in [3.8, 4) is 28.7 Å². The number of hydrogen-bond acceptors (Lipinski definition) is 5. The summed E-state index contributed by atoms with van der Waals surface area (Å²) in [5.41, 5.74) is 2.08. The molecule has 1 unspecified atom stereocenters. The molecular formula is C18H20O5. The monoisotopic (exact) mass is 316 g/mol. The molecule has 0 spiro atoms. The molecule has 23 heavy (non-hydrogen) atoms. The van der Waals surface area contributed by atoms with E-state index in [1.165, 1.54) is 7.11 Å². The molecule has 0 aromatic heterocycles. The van der Waals surface area contributed by atoms with Gasteiger partial charge in [0.05, 0.1) is 27.9 Å². The molecule has 0 amide bonds. The zero-order chi connectivity index (χ0) is 16.4. The summed E-state index contributed by atoms with van der Waals surface area (Å²) in [6.07, 6.45) is 0.786. The number of hydrogen-bond donors (Lipinski definition) is 1. The highest BCUT2D eigenvalue weighted by Gasteiger charge is 2.27. The first-order chi connectivity index (χ1) is 11.2. The Hall–Kier alpha value is -2.56. The third kappa shape index (κ3) is 2.74. The number of aromatic hydroxyl groups is 1. The smallest absolute Gasteiger partial charge is 0.203 e. The minimum absolute atomic E-state index is 0.0896. The molecule has 1 aliphatic rings. The van der Waals surface area contributed by atoms with Gasteiger partial charge in [-0.2, -0.15) is 0 Å². The molecule has 0 saturated carbocycles. The van der Waals surface area contributed by atoms with Crippen molar-refractivity contribution in [3.63, 3.8) is 0 Å². The first kappa shape index (κ1) is 15.3. The Kier molecular flexibility index (Phi) is 4.19. The van der Waals surface area contributed by atoms with Crippen molar-refractivity contribution < 1.29 is 24.1 Å². The van der Waals surface area contributed by atoms with E-state index < -0.39 is 0 Å². The van der Waals surface area contributed by atoms with E-state index in [2.05, 4.69) is 0 Å². The van der Waals surface area contributed by atoms with Gasteiger partial charge in [0.2, 0.25) is 5.75 Å². The molecule has 0 saturated heterocycles. The van der Waals surface area contributed by atoms with Crippen molar-refractivity contribution in [1.82, 2.24) is 0 Å². The normalized spacial score (nSPS) is 16.2. The fourth-order valence-electron chi connectivity index (χ4n) is 2.97. The summed E-state index contributed by atoms with van der Waals surface area (Å²) in [5, 5.41) is 9.85. The van der Waals surface area contributed by atoms with Gasteiger partial charge in [-0.15, -0.1) is 0 Å². The predicted molar refractivity (Wildman–Crippen MR) is 86.1 cm³/mol. The van der Waals surface area contributed by atoms with Gasteiger partial charge in [0.15, 0.2) is 11.5 Å². The molecule has 0 aliphatic carbocycles. The topological polar surface area (TPSA) is 57.2 Å². The Balaban J connectivity index is 1.94. The summed E-state index contributed by atoms with van der Waals surface area (Å²) in [5.74, 6) is 2.81. The lowest BCUT2D eigenvalue weighted by Gasteiger charge is -2.28. The zero-order valence-corrected chi connectivity index (χ0v) is 13.5. The van der Waals surface area contributed by atoms with Gasteiger partial charge in [-0.25, -0.2) is 0 Å². The van der Waals surface area contributed by atoms with E-state index in [9.17, 15) is 5.11 Å². The third-order valence-electron chi connectivity index (χ3n) is 4.15. The maximum atomic E-state index is 9.85. The molecule has 1 aliphatic heterocycles. The number of benzene rings is 2. The van der Waals surface area contributed by atoms with E-state index in [4.69, 9.17) is 18.9 Å². The Morgan fingerprint density at radius 3 is 2.57 bits per heavy atom. The van der Waals surface area contributed by atoms with Crippen molar-refractivity contribution in [1.29, 1.82) is 0 Å². The second kappa shape index (κ2) is 6.28. The van der Waals surface area contributed by atoms with E-state index >= 15 is 0 Å². The van der Waals surface area contributed by atoms with Crippen LogP contribution >= 0.6 is 0 Å². The first-order valence-corrected chi connectivity index (χ1v) is 7.41. The van der Waals surface area contributed by atoms with Gasteiger partial charge in [0.25, 0.3) is 0 Å². The second-order valence-corrected chi connectivity index (χ2v) is 5.43. The van der Waals surface area contributed by atoms with Crippen molar-refractivity contribution in [3.05, 3.63) is 41.5 Å². The summed E-state index contributed by atoms with van der Waals surface area (Å²) >= 11 is 0. The zero-order valence-electron chi connectivity index (χ0n) is 13.5. The molecule has 2 aromatic carbocycles. The lowest BCUT2D eigenvalue weighted by atomic mass is 9.89. The van der Waals surface area contributed by atoms with Crippen LogP contribution in [0.4, 0.5) is 0 Å². The summed E-state index contributed by atoms with van der Waals surface area (Å²) in [6.45, 7) is 0.496. The van der Waals surface area contributed by atoms with E-state index in [1.54, 1.807) is 20.3 Å². The first-order valence-electron chi connectivity index (χ1n) is 7.41. The highest BCUT2D eigenvalue weighted by molar-refractivity contribution is 5.57. The molecular weight excluding hydrogens is 296 g/mol. The van der Waals surface area contributed by atoms with Crippen molar-refractivity contribution in [2.75, 3.05) is 27.9 Å². The van der Waals surface area contributed by atoms with Crippen LogP contribution in [0.3, 0.4) is 0 Å².